The summed E-state index contributed by atoms with van der Waals surface area (Å²) in [6.07, 6.45) is 1.11. The maximum atomic E-state index is 12.9. The lowest BCUT2D eigenvalue weighted by Crippen LogP contribution is -2.35. The number of amides is 2. The highest BCUT2D eigenvalue weighted by molar-refractivity contribution is 5.73. The molecular weight excluding hydrogens is 270 g/mol. The number of carboxylic acids is 1. The maximum Gasteiger partial charge on any atom is 0.315 e. The summed E-state index contributed by atoms with van der Waals surface area (Å²) in [4.78, 5) is 21.6. The zero-order valence-electron chi connectivity index (χ0n) is 10.8. The van der Waals surface area contributed by atoms with E-state index < -0.39 is 23.6 Å². The van der Waals surface area contributed by atoms with Gasteiger partial charge in [0.15, 0.2) is 11.6 Å². The normalized spacial score (nSPS) is 10.1. The molecule has 0 saturated carbocycles. The molecular formula is C13H16F2N2O3. The molecule has 20 heavy (non-hydrogen) atoms. The molecule has 2 amide bonds. The molecule has 0 aromatic heterocycles. The van der Waals surface area contributed by atoms with E-state index in [4.69, 9.17) is 5.11 Å². The molecule has 0 fully saturated rings. The van der Waals surface area contributed by atoms with Gasteiger partial charge in [0.2, 0.25) is 0 Å². The van der Waals surface area contributed by atoms with Crippen LogP contribution in [0.2, 0.25) is 0 Å². The molecule has 0 radical (unpaired) electrons. The number of hydrogen-bond acceptors (Lipinski definition) is 2. The van der Waals surface area contributed by atoms with Crippen LogP contribution in [0.15, 0.2) is 18.2 Å². The van der Waals surface area contributed by atoms with Crippen LogP contribution in [0.1, 0.15) is 24.8 Å². The van der Waals surface area contributed by atoms with Crippen molar-refractivity contribution < 1.29 is 23.5 Å². The molecule has 1 aromatic rings. The van der Waals surface area contributed by atoms with Gasteiger partial charge in [0.1, 0.15) is 0 Å². The minimum atomic E-state index is -0.960. The Morgan fingerprint density at radius 1 is 1.10 bits per heavy atom. The molecule has 1 aromatic carbocycles. The predicted molar refractivity (Wildman–Crippen MR) is 68.1 cm³/mol. The number of halogens is 2. The number of urea groups is 1. The zero-order valence-corrected chi connectivity index (χ0v) is 10.8. The van der Waals surface area contributed by atoms with Gasteiger partial charge < -0.3 is 15.7 Å². The minimum absolute atomic E-state index is 0.0676. The average Bonchev–Trinajstić information content (AvgIpc) is 2.39. The quantitative estimate of drug-likeness (QED) is 0.671. The number of unbranched alkanes of at least 4 members (excludes halogenated alkanes) is 1. The van der Waals surface area contributed by atoms with Crippen molar-refractivity contribution in [3.8, 4) is 0 Å². The Labute approximate surface area is 115 Å². The van der Waals surface area contributed by atoms with E-state index in [1.54, 1.807) is 0 Å². The molecule has 7 heteroatoms. The first-order valence-electron chi connectivity index (χ1n) is 6.16. The number of hydrogen-bond donors (Lipinski definition) is 3. The van der Waals surface area contributed by atoms with Gasteiger partial charge in [-0.15, -0.1) is 0 Å². The Bertz CT molecular complexity index is 481. The van der Waals surface area contributed by atoms with Crippen molar-refractivity contribution in [2.45, 2.75) is 25.8 Å². The topological polar surface area (TPSA) is 78.4 Å². The van der Waals surface area contributed by atoms with Crippen LogP contribution in [0.3, 0.4) is 0 Å². The zero-order chi connectivity index (χ0) is 15.0. The predicted octanol–water partition coefficient (Wildman–Crippen LogP) is 2.02. The average molecular weight is 286 g/mol. The van der Waals surface area contributed by atoms with E-state index in [-0.39, 0.29) is 13.0 Å². The van der Waals surface area contributed by atoms with E-state index in [1.807, 2.05) is 0 Å². The Morgan fingerprint density at radius 3 is 2.50 bits per heavy atom. The highest BCUT2D eigenvalue weighted by Crippen LogP contribution is 2.08. The standard InChI is InChI=1S/C13H16F2N2O3/c14-10-5-4-9(7-11(10)15)8-17-13(20)16-6-2-1-3-12(18)19/h4-5,7H,1-3,6,8H2,(H,18,19)(H2,16,17,20). The highest BCUT2D eigenvalue weighted by atomic mass is 19.2. The van der Waals surface area contributed by atoms with Crippen molar-refractivity contribution in [2.24, 2.45) is 0 Å². The van der Waals surface area contributed by atoms with Gasteiger partial charge in [-0.1, -0.05) is 6.07 Å². The summed E-state index contributed by atoms with van der Waals surface area (Å²) in [7, 11) is 0. The summed E-state index contributed by atoms with van der Waals surface area (Å²) >= 11 is 0. The van der Waals surface area contributed by atoms with Crippen molar-refractivity contribution in [3.05, 3.63) is 35.4 Å². The number of carbonyl (C=O) groups excluding carboxylic acids is 1. The highest BCUT2D eigenvalue weighted by Gasteiger charge is 2.04. The molecule has 0 aliphatic rings. The Hall–Kier alpha value is -2.18. The smallest absolute Gasteiger partial charge is 0.315 e. The molecule has 0 atom stereocenters. The first-order valence-corrected chi connectivity index (χ1v) is 6.16. The van der Waals surface area contributed by atoms with Gasteiger partial charge in [-0.25, -0.2) is 13.6 Å². The number of rotatable bonds is 7. The van der Waals surface area contributed by atoms with Crippen LogP contribution in [0.4, 0.5) is 13.6 Å². The van der Waals surface area contributed by atoms with Crippen LogP contribution in [-0.2, 0) is 11.3 Å². The van der Waals surface area contributed by atoms with Crippen LogP contribution in [-0.4, -0.2) is 23.7 Å². The van der Waals surface area contributed by atoms with E-state index in [0.717, 1.165) is 12.1 Å². The van der Waals surface area contributed by atoms with Crippen LogP contribution >= 0.6 is 0 Å². The van der Waals surface area contributed by atoms with E-state index in [0.29, 0.717) is 24.9 Å². The number of nitrogens with one attached hydrogen (secondary N) is 2. The molecule has 0 unspecified atom stereocenters. The van der Waals surface area contributed by atoms with Crippen molar-refractivity contribution in [1.82, 2.24) is 10.6 Å². The second-order valence-corrected chi connectivity index (χ2v) is 4.21. The molecule has 0 bridgehead atoms. The molecule has 1 rings (SSSR count). The third-order valence-corrected chi connectivity index (χ3v) is 2.54. The SMILES string of the molecule is O=C(O)CCCCNC(=O)NCc1ccc(F)c(F)c1. The number of benzene rings is 1. The fourth-order valence-corrected chi connectivity index (χ4v) is 1.50. The number of aliphatic carboxylic acids is 1. The molecule has 0 aliphatic carbocycles. The summed E-state index contributed by atoms with van der Waals surface area (Å²) in [6.45, 7) is 0.440. The minimum Gasteiger partial charge on any atom is -0.481 e. The second kappa shape index (κ2) is 8.08. The van der Waals surface area contributed by atoms with Gasteiger partial charge in [-0.3, -0.25) is 4.79 Å². The lowest BCUT2D eigenvalue weighted by molar-refractivity contribution is -0.137. The first kappa shape index (κ1) is 15.9. The summed E-state index contributed by atoms with van der Waals surface area (Å²) in [5.74, 6) is -2.76. The molecule has 0 aliphatic heterocycles. The molecule has 0 spiro atoms. The summed E-state index contributed by atoms with van der Waals surface area (Å²) in [6, 6.07) is 2.95. The van der Waals surface area contributed by atoms with E-state index in [2.05, 4.69) is 10.6 Å². The Morgan fingerprint density at radius 2 is 1.85 bits per heavy atom. The fourth-order valence-electron chi connectivity index (χ4n) is 1.50. The maximum absolute atomic E-state index is 12.9. The third-order valence-electron chi connectivity index (χ3n) is 2.54. The molecule has 110 valence electrons. The Kier molecular flexibility index (Phi) is 6.42. The molecule has 3 N–H and O–H groups in total. The number of carboxylic acid groups (broad SMARTS) is 1. The Balaban J connectivity index is 2.19. The van der Waals surface area contributed by atoms with Gasteiger partial charge in [0, 0.05) is 19.5 Å². The second-order valence-electron chi connectivity index (χ2n) is 4.21. The lowest BCUT2D eigenvalue weighted by Gasteiger charge is -2.07. The summed E-state index contributed by atoms with van der Waals surface area (Å²) in [5, 5.41) is 13.4. The van der Waals surface area contributed by atoms with Crippen molar-refractivity contribution >= 4 is 12.0 Å². The first-order chi connectivity index (χ1) is 9.49. The third kappa shape index (κ3) is 6.12. The van der Waals surface area contributed by atoms with E-state index in [1.165, 1.54) is 6.07 Å². The van der Waals surface area contributed by atoms with Crippen LogP contribution in [0.25, 0.3) is 0 Å². The van der Waals surface area contributed by atoms with Crippen LogP contribution in [0, 0.1) is 11.6 Å². The molecule has 0 saturated heterocycles. The largest absolute Gasteiger partial charge is 0.481 e. The van der Waals surface area contributed by atoms with Crippen LogP contribution < -0.4 is 10.6 Å². The molecule has 5 nitrogen and oxygen atoms in total. The van der Waals surface area contributed by atoms with E-state index in [9.17, 15) is 18.4 Å². The number of carbonyl (C=O) groups is 2. The van der Waals surface area contributed by atoms with Crippen LogP contribution in [0.5, 0.6) is 0 Å². The van der Waals surface area contributed by atoms with E-state index >= 15 is 0 Å². The van der Waals surface area contributed by atoms with Gasteiger partial charge >= 0.3 is 12.0 Å². The monoisotopic (exact) mass is 286 g/mol. The van der Waals surface area contributed by atoms with Crippen molar-refractivity contribution in [3.63, 3.8) is 0 Å². The molecule has 0 heterocycles. The van der Waals surface area contributed by atoms with Crippen molar-refractivity contribution in [1.29, 1.82) is 0 Å². The van der Waals surface area contributed by atoms with Gasteiger partial charge in [0.05, 0.1) is 0 Å². The van der Waals surface area contributed by atoms with Gasteiger partial charge in [0.25, 0.3) is 0 Å². The fraction of sp³-hybridized carbons (Fsp3) is 0.385. The lowest BCUT2D eigenvalue weighted by atomic mass is 10.2. The van der Waals surface area contributed by atoms with Crippen molar-refractivity contribution in [2.75, 3.05) is 6.54 Å². The summed E-state index contributed by atoms with van der Waals surface area (Å²) in [5.41, 5.74) is 0.449. The van der Waals surface area contributed by atoms with Gasteiger partial charge in [-0.05, 0) is 30.5 Å². The van der Waals surface area contributed by atoms with Gasteiger partial charge in [-0.2, -0.15) is 0 Å². The summed E-state index contributed by atoms with van der Waals surface area (Å²) < 4.78 is 25.6.